The number of hydrogen-bond donors (Lipinski definition) is 1. The fourth-order valence-corrected chi connectivity index (χ4v) is 3.74. The first-order valence-electron chi connectivity index (χ1n) is 7.72. The van der Waals surface area contributed by atoms with Crippen LogP contribution in [0.15, 0.2) is 28.8 Å². The van der Waals surface area contributed by atoms with Crippen LogP contribution in [0.1, 0.15) is 35.0 Å². The van der Waals surface area contributed by atoms with Crippen LogP contribution < -0.4 is 5.32 Å². The highest BCUT2D eigenvalue weighted by molar-refractivity contribution is 7.99. The van der Waals surface area contributed by atoms with Gasteiger partial charge in [0.2, 0.25) is 5.89 Å². The number of likely N-dealkylation sites (N-methyl/N-ethyl adjacent to an activating group) is 1. The molecule has 2 unspecified atom stereocenters. The van der Waals surface area contributed by atoms with Crippen molar-refractivity contribution in [2.24, 2.45) is 0 Å². The fourth-order valence-electron chi connectivity index (χ4n) is 2.47. The van der Waals surface area contributed by atoms with Crippen LogP contribution >= 0.6 is 35.8 Å². The lowest BCUT2D eigenvalue weighted by Crippen LogP contribution is -2.31. The van der Waals surface area contributed by atoms with E-state index >= 15 is 0 Å². The summed E-state index contributed by atoms with van der Waals surface area (Å²) in [5.74, 6) is 2.47. The number of thioether (sulfide) groups is 1. The van der Waals surface area contributed by atoms with Crippen LogP contribution in [0.5, 0.6) is 0 Å². The van der Waals surface area contributed by atoms with Crippen LogP contribution in [-0.4, -0.2) is 45.7 Å². The third-order valence-corrected chi connectivity index (χ3v) is 5.25. The van der Waals surface area contributed by atoms with Crippen LogP contribution in [0.3, 0.4) is 0 Å². The van der Waals surface area contributed by atoms with Gasteiger partial charge < -0.3 is 14.7 Å². The average Bonchev–Trinajstić information content (AvgIpc) is 3.23. The van der Waals surface area contributed by atoms with Crippen LogP contribution in [-0.2, 0) is 6.42 Å². The second kappa shape index (κ2) is 8.89. The molecule has 0 radical (unpaired) electrons. The van der Waals surface area contributed by atoms with E-state index in [1.807, 2.05) is 7.05 Å². The Bertz CT molecular complexity index is 710. The van der Waals surface area contributed by atoms with Gasteiger partial charge in [-0.05, 0) is 38.2 Å². The molecule has 0 spiro atoms. The molecular weight excluding hydrogens is 383 g/mol. The maximum absolute atomic E-state index is 12.7. The highest BCUT2D eigenvalue weighted by Crippen LogP contribution is 2.33. The summed E-state index contributed by atoms with van der Waals surface area (Å²) in [7, 11) is 1.89. The predicted octanol–water partition coefficient (Wildman–Crippen LogP) is 3.18. The smallest absolute Gasteiger partial charge is 0.255 e. The molecule has 0 bridgehead atoms. The molecule has 25 heavy (non-hydrogen) atoms. The van der Waals surface area contributed by atoms with Crippen molar-refractivity contribution < 1.29 is 9.32 Å². The molecule has 6 nitrogen and oxygen atoms in total. The third-order valence-electron chi connectivity index (χ3n) is 3.98. The molecule has 1 aromatic carbocycles. The van der Waals surface area contributed by atoms with Gasteiger partial charge in [0.05, 0.1) is 5.88 Å². The van der Waals surface area contributed by atoms with E-state index < -0.39 is 0 Å². The Morgan fingerprint density at radius 3 is 2.88 bits per heavy atom. The van der Waals surface area contributed by atoms with Gasteiger partial charge in [0.15, 0.2) is 5.82 Å². The summed E-state index contributed by atoms with van der Waals surface area (Å²) in [6, 6.07) is 6.98. The summed E-state index contributed by atoms with van der Waals surface area (Å²) in [4.78, 5) is 19.0. The van der Waals surface area contributed by atoms with E-state index in [-0.39, 0.29) is 30.4 Å². The molecule has 136 valence electrons. The normalized spacial score (nSPS) is 18.0. The molecule has 1 saturated heterocycles. The molecule has 3 rings (SSSR count). The zero-order valence-electron chi connectivity index (χ0n) is 13.9. The van der Waals surface area contributed by atoms with E-state index in [0.29, 0.717) is 34.6 Å². The molecule has 1 amide bonds. The number of rotatable bonds is 5. The van der Waals surface area contributed by atoms with Gasteiger partial charge in [-0.15, -0.1) is 24.2 Å². The maximum Gasteiger partial charge on any atom is 0.255 e. The number of hydrogen-bond acceptors (Lipinski definition) is 6. The van der Waals surface area contributed by atoms with E-state index in [1.54, 1.807) is 40.9 Å². The van der Waals surface area contributed by atoms with E-state index in [9.17, 15) is 4.79 Å². The lowest BCUT2D eigenvalue weighted by Gasteiger charge is -2.20. The summed E-state index contributed by atoms with van der Waals surface area (Å²) in [6.45, 7) is 2.05. The van der Waals surface area contributed by atoms with Crippen molar-refractivity contribution in [1.82, 2.24) is 20.4 Å². The summed E-state index contributed by atoms with van der Waals surface area (Å²) in [5, 5.41) is 7.79. The first-order chi connectivity index (χ1) is 11.6. The quantitative estimate of drug-likeness (QED) is 0.827. The van der Waals surface area contributed by atoms with Crippen LogP contribution in [0.25, 0.3) is 0 Å². The van der Waals surface area contributed by atoms with Gasteiger partial charge in [0.1, 0.15) is 6.04 Å². The monoisotopic (exact) mass is 402 g/mol. The number of nitrogens with one attached hydrogen (secondary N) is 1. The zero-order valence-corrected chi connectivity index (χ0v) is 16.3. The van der Waals surface area contributed by atoms with Gasteiger partial charge in [0, 0.05) is 28.8 Å². The van der Waals surface area contributed by atoms with Gasteiger partial charge >= 0.3 is 0 Å². The van der Waals surface area contributed by atoms with Gasteiger partial charge in [-0.2, -0.15) is 4.98 Å². The highest BCUT2D eigenvalue weighted by Gasteiger charge is 2.35. The standard InChI is InChI=1S/C16H19ClN4O2S.ClH/c1-10(18-2)7-14-19-15(23-20-14)13-8-24-9-21(13)16(22)11-3-5-12(17)6-4-11;/h3-6,10,13,18H,7-9H2,1-2H3;1H. The first-order valence-corrected chi connectivity index (χ1v) is 9.25. The molecule has 1 aliphatic rings. The average molecular weight is 403 g/mol. The lowest BCUT2D eigenvalue weighted by molar-refractivity contribution is 0.0722. The molecule has 2 aromatic rings. The Hall–Kier alpha value is -1.28. The molecule has 1 aromatic heterocycles. The second-order valence-corrected chi connectivity index (χ2v) is 7.18. The molecule has 2 heterocycles. The van der Waals surface area contributed by atoms with Crippen molar-refractivity contribution in [3.05, 3.63) is 46.6 Å². The summed E-state index contributed by atoms with van der Waals surface area (Å²) >= 11 is 7.57. The molecular formula is C16H20Cl2N4O2S. The molecule has 2 atom stereocenters. The topological polar surface area (TPSA) is 71.3 Å². The Labute approximate surface area is 162 Å². The van der Waals surface area contributed by atoms with E-state index in [4.69, 9.17) is 16.1 Å². The molecule has 1 fully saturated rings. The van der Waals surface area contributed by atoms with Crippen LogP contribution in [0, 0.1) is 0 Å². The molecule has 0 aliphatic carbocycles. The van der Waals surface area contributed by atoms with Crippen molar-refractivity contribution in [2.75, 3.05) is 18.7 Å². The van der Waals surface area contributed by atoms with Crippen LogP contribution in [0.2, 0.25) is 5.02 Å². The van der Waals surface area contributed by atoms with Crippen molar-refractivity contribution in [3.63, 3.8) is 0 Å². The number of amides is 1. The minimum atomic E-state index is -0.190. The van der Waals surface area contributed by atoms with Crippen molar-refractivity contribution in [3.8, 4) is 0 Å². The SMILES string of the molecule is CNC(C)Cc1noc(C2CSCN2C(=O)c2ccc(Cl)cc2)n1.Cl. The molecule has 1 aliphatic heterocycles. The van der Waals surface area contributed by atoms with Crippen molar-refractivity contribution >= 4 is 41.7 Å². The minimum absolute atomic E-state index is 0. The number of aromatic nitrogens is 2. The number of halogens is 2. The van der Waals surface area contributed by atoms with Gasteiger partial charge in [0.25, 0.3) is 5.91 Å². The zero-order chi connectivity index (χ0) is 17.1. The van der Waals surface area contributed by atoms with Crippen LogP contribution in [0.4, 0.5) is 0 Å². The Kier molecular flexibility index (Phi) is 7.13. The number of carbonyl (C=O) groups excluding carboxylic acids is 1. The van der Waals surface area contributed by atoms with Gasteiger partial charge in [-0.3, -0.25) is 4.79 Å². The van der Waals surface area contributed by atoms with E-state index in [1.165, 1.54) is 0 Å². The summed E-state index contributed by atoms with van der Waals surface area (Å²) < 4.78 is 5.41. The van der Waals surface area contributed by atoms with Gasteiger partial charge in [-0.25, -0.2) is 0 Å². The fraction of sp³-hybridized carbons (Fsp3) is 0.438. The largest absolute Gasteiger partial charge is 0.337 e. The maximum atomic E-state index is 12.7. The third kappa shape index (κ3) is 4.67. The summed E-state index contributed by atoms with van der Waals surface area (Å²) in [5.41, 5.74) is 0.607. The number of nitrogens with zero attached hydrogens (tertiary/aromatic N) is 3. The first kappa shape index (κ1) is 20.0. The highest BCUT2D eigenvalue weighted by atomic mass is 35.5. The van der Waals surface area contributed by atoms with E-state index in [2.05, 4.69) is 22.4 Å². The molecule has 1 N–H and O–H groups in total. The Morgan fingerprint density at radius 2 is 2.20 bits per heavy atom. The number of carbonyl (C=O) groups is 1. The van der Waals surface area contributed by atoms with Crippen molar-refractivity contribution in [1.29, 1.82) is 0 Å². The predicted molar refractivity (Wildman–Crippen MR) is 101 cm³/mol. The number of benzene rings is 1. The lowest BCUT2D eigenvalue weighted by atomic mass is 10.1. The second-order valence-electron chi connectivity index (χ2n) is 5.74. The molecule has 0 saturated carbocycles. The Balaban J connectivity index is 0.00000225. The molecule has 9 heteroatoms. The van der Waals surface area contributed by atoms with Crippen molar-refractivity contribution in [2.45, 2.75) is 25.4 Å². The van der Waals surface area contributed by atoms with E-state index in [0.717, 1.165) is 5.75 Å². The minimum Gasteiger partial charge on any atom is -0.337 e. The van der Waals surface area contributed by atoms with Gasteiger partial charge in [-0.1, -0.05) is 16.8 Å². The Morgan fingerprint density at radius 1 is 1.48 bits per heavy atom. The summed E-state index contributed by atoms with van der Waals surface area (Å²) in [6.07, 6.45) is 0.686.